The number of anilines is 1. The molecule has 0 atom stereocenters. The fourth-order valence-corrected chi connectivity index (χ4v) is 3.64. The Morgan fingerprint density at radius 3 is 2.76 bits per heavy atom. The van der Waals surface area contributed by atoms with Crippen molar-refractivity contribution < 1.29 is 18.0 Å². The van der Waals surface area contributed by atoms with Gasteiger partial charge in [-0.05, 0) is 23.8 Å². The van der Waals surface area contributed by atoms with Gasteiger partial charge in [0.15, 0.2) is 5.82 Å². The summed E-state index contributed by atoms with van der Waals surface area (Å²) in [6.45, 7) is 0. The highest BCUT2D eigenvalue weighted by molar-refractivity contribution is 7.14. The van der Waals surface area contributed by atoms with Crippen LogP contribution in [0.4, 0.5) is 18.3 Å². The monoisotopic (exact) mass is 403 g/mol. The van der Waals surface area contributed by atoms with E-state index in [1.165, 1.54) is 17.4 Å². The normalized spacial score (nSPS) is 11.5. The molecule has 2 heterocycles. The molecule has 0 spiro atoms. The zero-order valence-corrected chi connectivity index (χ0v) is 14.7. The van der Waals surface area contributed by atoms with E-state index in [9.17, 15) is 18.0 Å². The van der Waals surface area contributed by atoms with E-state index in [1.807, 2.05) is 0 Å². The Labute approximate surface area is 153 Å². The number of nitrogens with one attached hydrogen (secondary N) is 1. The Kier molecular flexibility index (Phi) is 5.07. The maximum atomic E-state index is 12.8. The van der Waals surface area contributed by atoms with Crippen molar-refractivity contribution >= 4 is 45.5 Å². The average molecular weight is 404 g/mol. The van der Waals surface area contributed by atoms with Crippen LogP contribution in [0, 0.1) is 0 Å². The maximum absolute atomic E-state index is 12.8. The van der Waals surface area contributed by atoms with E-state index < -0.39 is 17.6 Å². The predicted molar refractivity (Wildman–Crippen MR) is 92.2 cm³/mol. The molecular weight excluding hydrogens is 395 g/mol. The van der Waals surface area contributed by atoms with Crippen LogP contribution < -0.4 is 5.32 Å². The standard InChI is InChI=1S/C15H9ClF3N3OS2/c16-6-12-20-14(25-22-12)21-13(23)9-5-11(24-7-9)8-2-1-3-10(4-8)15(17,18)19/h1-5,7H,6H2,(H,20,21,22,23). The molecule has 0 aliphatic rings. The number of carbonyl (C=O) groups excluding carboxylic acids is 1. The molecule has 0 saturated carbocycles. The van der Waals surface area contributed by atoms with Gasteiger partial charge in [-0.1, -0.05) is 12.1 Å². The van der Waals surface area contributed by atoms with E-state index in [2.05, 4.69) is 14.7 Å². The number of thiophene rings is 1. The molecule has 0 aliphatic heterocycles. The third-order valence-corrected chi connectivity index (χ3v) is 5.03. The molecule has 4 nitrogen and oxygen atoms in total. The first kappa shape index (κ1) is 17.8. The van der Waals surface area contributed by atoms with Crippen molar-refractivity contribution in [3.63, 3.8) is 0 Å². The minimum atomic E-state index is -4.41. The molecule has 0 fully saturated rings. The summed E-state index contributed by atoms with van der Waals surface area (Å²) in [5.41, 5.74) is 0.00566. The van der Waals surface area contributed by atoms with Crippen molar-refractivity contribution in [2.75, 3.05) is 5.32 Å². The van der Waals surface area contributed by atoms with Gasteiger partial charge >= 0.3 is 6.18 Å². The molecule has 25 heavy (non-hydrogen) atoms. The second-order valence-corrected chi connectivity index (χ2v) is 6.81. The van der Waals surface area contributed by atoms with Crippen LogP contribution in [-0.4, -0.2) is 15.3 Å². The van der Waals surface area contributed by atoms with E-state index in [-0.39, 0.29) is 5.88 Å². The maximum Gasteiger partial charge on any atom is 0.416 e. The fourth-order valence-electron chi connectivity index (χ4n) is 1.98. The van der Waals surface area contributed by atoms with E-state index in [4.69, 9.17) is 11.6 Å². The molecule has 10 heteroatoms. The van der Waals surface area contributed by atoms with Gasteiger partial charge in [-0.25, -0.2) is 4.98 Å². The Hall–Kier alpha value is -1.97. The third kappa shape index (κ3) is 4.17. The van der Waals surface area contributed by atoms with Crippen molar-refractivity contribution in [1.82, 2.24) is 9.36 Å². The zero-order valence-electron chi connectivity index (χ0n) is 12.3. The van der Waals surface area contributed by atoms with Crippen molar-refractivity contribution in [2.45, 2.75) is 12.1 Å². The van der Waals surface area contributed by atoms with Crippen LogP contribution in [0.15, 0.2) is 35.7 Å². The lowest BCUT2D eigenvalue weighted by Gasteiger charge is -2.07. The average Bonchev–Trinajstić information content (AvgIpc) is 3.23. The minimum Gasteiger partial charge on any atom is -0.297 e. The summed E-state index contributed by atoms with van der Waals surface area (Å²) < 4.78 is 42.4. The van der Waals surface area contributed by atoms with Gasteiger partial charge in [-0.3, -0.25) is 10.1 Å². The number of amides is 1. The molecule has 130 valence electrons. The van der Waals surface area contributed by atoms with Gasteiger partial charge in [0.2, 0.25) is 5.13 Å². The number of benzene rings is 1. The van der Waals surface area contributed by atoms with Gasteiger partial charge in [0.05, 0.1) is 17.0 Å². The number of carbonyl (C=O) groups is 1. The first-order valence-electron chi connectivity index (χ1n) is 6.83. The molecular formula is C15H9ClF3N3OS2. The van der Waals surface area contributed by atoms with Crippen molar-refractivity contribution in [3.8, 4) is 10.4 Å². The molecule has 0 aliphatic carbocycles. The Morgan fingerprint density at radius 2 is 2.08 bits per heavy atom. The van der Waals surface area contributed by atoms with Gasteiger partial charge in [0, 0.05) is 21.8 Å². The van der Waals surface area contributed by atoms with Crippen molar-refractivity contribution in [2.24, 2.45) is 0 Å². The third-order valence-electron chi connectivity index (χ3n) is 3.14. The number of hydrogen-bond acceptors (Lipinski definition) is 5. The van der Waals surface area contributed by atoms with E-state index in [0.29, 0.717) is 27.0 Å². The number of alkyl halides is 4. The SMILES string of the molecule is O=C(Nc1nc(CCl)ns1)c1csc(-c2cccc(C(F)(F)F)c2)c1. The lowest BCUT2D eigenvalue weighted by atomic mass is 10.1. The van der Waals surface area contributed by atoms with Gasteiger partial charge in [0.1, 0.15) is 0 Å². The molecule has 0 saturated heterocycles. The molecule has 2 aromatic heterocycles. The summed E-state index contributed by atoms with van der Waals surface area (Å²) in [7, 11) is 0. The highest BCUT2D eigenvalue weighted by Crippen LogP contribution is 2.34. The van der Waals surface area contributed by atoms with Gasteiger partial charge < -0.3 is 0 Å². The number of aromatic nitrogens is 2. The highest BCUT2D eigenvalue weighted by Gasteiger charge is 2.30. The number of nitrogens with zero attached hydrogens (tertiary/aromatic N) is 2. The highest BCUT2D eigenvalue weighted by atomic mass is 35.5. The topological polar surface area (TPSA) is 54.9 Å². The van der Waals surface area contributed by atoms with Gasteiger partial charge in [0.25, 0.3) is 5.91 Å². The number of rotatable bonds is 4. The summed E-state index contributed by atoms with van der Waals surface area (Å²) in [5.74, 6) is 0.147. The van der Waals surface area contributed by atoms with Crippen LogP contribution >= 0.6 is 34.5 Å². The van der Waals surface area contributed by atoms with Gasteiger partial charge in [-0.2, -0.15) is 17.5 Å². The van der Waals surface area contributed by atoms with E-state index >= 15 is 0 Å². The summed E-state index contributed by atoms with van der Waals surface area (Å²) in [6, 6.07) is 6.52. The fraction of sp³-hybridized carbons (Fsp3) is 0.133. The van der Waals surface area contributed by atoms with Crippen LogP contribution in [0.2, 0.25) is 0 Å². The molecule has 1 amide bonds. The molecule has 0 unspecified atom stereocenters. The van der Waals surface area contributed by atoms with Crippen molar-refractivity contribution in [3.05, 3.63) is 52.7 Å². The molecule has 0 bridgehead atoms. The molecule has 3 aromatic rings. The Bertz CT molecular complexity index is 907. The van der Waals surface area contributed by atoms with Crippen LogP contribution in [0.1, 0.15) is 21.7 Å². The van der Waals surface area contributed by atoms with Crippen LogP contribution in [0.3, 0.4) is 0 Å². The first-order chi connectivity index (χ1) is 11.9. The van der Waals surface area contributed by atoms with Gasteiger partial charge in [-0.15, -0.1) is 22.9 Å². The smallest absolute Gasteiger partial charge is 0.297 e. The Balaban J connectivity index is 1.79. The van der Waals surface area contributed by atoms with E-state index in [1.54, 1.807) is 17.5 Å². The summed E-state index contributed by atoms with van der Waals surface area (Å²) >= 11 is 7.79. The quantitative estimate of drug-likeness (QED) is 0.603. The summed E-state index contributed by atoms with van der Waals surface area (Å²) in [6.07, 6.45) is -4.41. The molecule has 3 rings (SSSR count). The van der Waals surface area contributed by atoms with Crippen molar-refractivity contribution in [1.29, 1.82) is 0 Å². The summed E-state index contributed by atoms with van der Waals surface area (Å²) in [5, 5.41) is 4.48. The molecule has 1 N–H and O–H groups in total. The largest absolute Gasteiger partial charge is 0.416 e. The van der Waals surface area contributed by atoms with E-state index in [0.717, 1.165) is 23.7 Å². The molecule has 0 radical (unpaired) electrons. The number of halogens is 4. The van der Waals surface area contributed by atoms with Crippen LogP contribution in [0.25, 0.3) is 10.4 Å². The lowest BCUT2D eigenvalue weighted by molar-refractivity contribution is -0.137. The van der Waals surface area contributed by atoms with Crippen LogP contribution in [0.5, 0.6) is 0 Å². The second kappa shape index (κ2) is 7.11. The zero-order chi connectivity index (χ0) is 18.0. The molecule has 1 aromatic carbocycles. The summed E-state index contributed by atoms with van der Waals surface area (Å²) in [4.78, 5) is 16.8. The first-order valence-corrected chi connectivity index (χ1v) is 9.01. The van der Waals surface area contributed by atoms with Crippen LogP contribution in [-0.2, 0) is 12.1 Å². The number of hydrogen-bond donors (Lipinski definition) is 1. The predicted octanol–water partition coefficient (Wildman–Crippen LogP) is 5.28. The lowest BCUT2D eigenvalue weighted by Crippen LogP contribution is -2.10. The Morgan fingerprint density at radius 1 is 1.28 bits per heavy atom. The minimum absolute atomic E-state index is 0.143. The second-order valence-electron chi connectivity index (χ2n) is 4.88.